The van der Waals surface area contributed by atoms with Gasteiger partial charge in [-0.1, -0.05) is 6.07 Å². The summed E-state index contributed by atoms with van der Waals surface area (Å²) in [5.41, 5.74) is 6.93. The normalized spacial score (nSPS) is 12.8. The summed E-state index contributed by atoms with van der Waals surface area (Å²) in [7, 11) is 0. The molecule has 0 radical (unpaired) electrons. The van der Waals surface area contributed by atoms with Gasteiger partial charge in [-0.15, -0.1) is 11.8 Å². The van der Waals surface area contributed by atoms with Gasteiger partial charge in [0.2, 0.25) is 0 Å². The van der Waals surface area contributed by atoms with E-state index in [-0.39, 0.29) is 12.6 Å². The Kier molecular flexibility index (Phi) is 5.68. The minimum Gasteiger partial charge on any atom is -0.396 e. The second-order valence-electron chi connectivity index (χ2n) is 3.40. The van der Waals surface area contributed by atoms with Crippen LogP contribution in [0.4, 0.5) is 0 Å². The molecule has 15 heavy (non-hydrogen) atoms. The second-order valence-corrected chi connectivity index (χ2v) is 5.40. The molecule has 0 aliphatic heterocycles. The number of hydrogen-bond donors (Lipinski definition) is 2. The molecule has 1 rings (SSSR count). The molecule has 2 nitrogen and oxygen atoms in total. The molecule has 0 aromatic heterocycles. The predicted molar refractivity (Wildman–Crippen MR) is 69.2 cm³/mol. The van der Waals surface area contributed by atoms with Crippen molar-refractivity contribution in [3.63, 3.8) is 0 Å². The number of halogens is 1. The lowest BCUT2D eigenvalue weighted by atomic mass is 10.1. The second kappa shape index (κ2) is 6.53. The van der Waals surface area contributed by atoms with Gasteiger partial charge in [-0.2, -0.15) is 0 Å². The Balaban J connectivity index is 2.66. The van der Waals surface area contributed by atoms with Gasteiger partial charge in [-0.3, -0.25) is 0 Å². The monoisotopic (exact) mass is 289 g/mol. The summed E-state index contributed by atoms with van der Waals surface area (Å²) in [5, 5.41) is 8.69. The van der Waals surface area contributed by atoms with Crippen LogP contribution >= 0.6 is 27.7 Å². The van der Waals surface area contributed by atoms with Crippen LogP contribution in [0.1, 0.15) is 24.9 Å². The van der Waals surface area contributed by atoms with Crippen molar-refractivity contribution in [3.8, 4) is 0 Å². The molecule has 0 fully saturated rings. The van der Waals surface area contributed by atoms with E-state index in [0.717, 1.165) is 22.2 Å². The number of rotatable bonds is 5. The summed E-state index contributed by atoms with van der Waals surface area (Å²) in [6.07, 6.45) is 0.826. The van der Waals surface area contributed by atoms with Gasteiger partial charge in [0, 0.05) is 27.8 Å². The summed E-state index contributed by atoms with van der Waals surface area (Å²) in [4.78, 5) is 1.20. The summed E-state index contributed by atoms with van der Waals surface area (Å²) in [5.74, 6) is 0.937. The molecule has 1 aromatic carbocycles. The van der Waals surface area contributed by atoms with Crippen molar-refractivity contribution < 1.29 is 5.11 Å². The van der Waals surface area contributed by atoms with E-state index in [1.807, 2.05) is 6.92 Å². The molecule has 0 amide bonds. The highest BCUT2D eigenvalue weighted by Gasteiger charge is 2.04. The average molecular weight is 290 g/mol. The first kappa shape index (κ1) is 13.0. The molecular formula is C11H16BrNOS. The van der Waals surface area contributed by atoms with Crippen LogP contribution in [0.15, 0.2) is 27.6 Å². The molecule has 3 N–H and O–H groups in total. The number of benzene rings is 1. The summed E-state index contributed by atoms with van der Waals surface area (Å²) < 4.78 is 1.08. The number of hydrogen-bond acceptors (Lipinski definition) is 3. The number of aliphatic hydroxyl groups excluding tert-OH is 1. The molecule has 1 atom stereocenters. The van der Waals surface area contributed by atoms with E-state index in [2.05, 4.69) is 34.1 Å². The molecule has 0 saturated heterocycles. The van der Waals surface area contributed by atoms with Gasteiger partial charge in [0.05, 0.1) is 0 Å². The maximum absolute atomic E-state index is 8.69. The van der Waals surface area contributed by atoms with Crippen molar-refractivity contribution in [1.29, 1.82) is 0 Å². The SMILES string of the molecule is CC(N)c1ccc(SCCCO)c(Br)c1. The van der Waals surface area contributed by atoms with E-state index < -0.39 is 0 Å². The molecule has 84 valence electrons. The molecule has 0 aliphatic carbocycles. The lowest BCUT2D eigenvalue weighted by molar-refractivity contribution is 0.296. The minimum atomic E-state index is 0.0674. The molecule has 1 unspecified atom stereocenters. The number of thioether (sulfide) groups is 1. The fraction of sp³-hybridized carbons (Fsp3) is 0.455. The quantitative estimate of drug-likeness (QED) is 0.647. The van der Waals surface area contributed by atoms with E-state index in [1.54, 1.807) is 11.8 Å². The standard InChI is InChI=1S/C11H16BrNOS/c1-8(13)9-3-4-11(10(12)7-9)15-6-2-5-14/h3-4,7-8,14H,2,5-6,13H2,1H3. The van der Waals surface area contributed by atoms with Gasteiger partial charge in [0.15, 0.2) is 0 Å². The third kappa shape index (κ3) is 4.15. The van der Waals surface area contributed by atoms with Crippen LogP contribution in [0, 0.1) is 0 Å². The minimum absolute atomic E-state index is 0.0674. The zero-order valence-corrected chi connectivity index (χ0v) is 11.1. The molecule has 1 aromatic rings. The van der Waals surface area contributed by atoms with Crippen molar-refractivity contribution in [2.45, 2.75) is 24.3 Å². The Bertz CT molecular complexity index is 317. The molecular weight excluding hydrogens is 274 g/mol. The van der Waals surface area contributed by atoms with Crippen LogP contribution < -0.4 is 5.73 Å². The highest BCUT2D eigenvalue weighted by atomic mass is 79.9. The molecule has 0 spiro atoms. The fourth-order valence-electron chi connectivity index (χ4n) is 1.16. The number of aliphatic hydroxyl groups is 1. The molecule has 0 saturated carbocycles. The molecule has 0 bridgehead atoms. The van der Waals surface area contributed by atoms with Gasteiger partial charge < -0.3 is 10.8 Å². The third-order valence-electron chi connectivity index (χ3n) is 2.04. The van der Waals surface area contributed by atoms with Gasteiger partial charge in [0.1, 0.15) is 0 Å². The van der Waals surface area contributed by atoms with Gasteiger partial charge >= 0.3 is 0 Å². The van der Waals surface area contributed by atoms with Gasteiger partial charge in [-0.05, 0) is 47.0 Å². The van der Waals surface area contributed by atoms with E-state index in [4.69, 9.17) is 10.8 Å². The average Bonchev–Trinajstić information content (AvgIpc) is 2.20. The van der Waals surface area contributed by atoms with Crippen LogP contribution in [-0.4, -0.2) is 17.5 Å². The molecule has 0 heterocycles. The zero-order chi connectivity index (χ0) is 11.3. The Morgan fingerprint density at radius 3 is 2.80 bits per heavy atom. The first-order chi connectivity index (χ1) is 7.15. The van der Waals surface area contributed by atoms with Crippen molar-refractivity contribution in [2.24, 2.45) is 5.73 Å². The predicted octanol–water partition coefficient (Wildman–Crippen LogP) is 2.94. The van der Waals surface area contributed by atoms with Crippen molar-refractivity contribution in [3.05, 3.63) is 28.2 Å². The first-order valence-electron chi connectivity index (χ1n) is 4.94. The van der Waals surface area contributed by atoms with Crippen molar-refractivity contribution >= 4 is 27.7 Å². The van der Waals surface area contributed by atoms with Crippen LogP contribution in [0.3, 0.4) is 0 Å². The smallest absolute Gasteiger partial charge is 0.0439 e. The fourth-order valence-corrected chi connectivity index (χ4v) is 2.76. The Morgan fingerprint density at radius 1 is 1.53 bits per heavy atom. The largest absolute Gasteiger partial charge is 0.396 e. The van der Waals surface area contributed by atoms with Crippen LogP contribution in [0.25, 0.3) is 0 Å². The summed E-state index contributed by atoms with van der Waals surface area (Å²) in [6.45, 7) is 2.23. The van der Waals surface area contributed by atoms with Crippen molar-refractivity contribution in [2.75, 3.05) is 12.4 Å². The summed E-state index contributed by atoms with van der Waals surface area (Å²) in [6, 6.07) is 6.26. The van der Waals surface area contributed by atoms with Gasteiger partial charge in [-0.25, -0.2) is 0 Å². The van der Waals surface area contributed by atoms with E-state index in [9.17, 15) is 0 Å². The summed E-state index contributed by atoms with van der Waals surface area (Å²) >= 11 is 5.27. The Morgan fingerprint density at radius 2 is 2.27 bits per heavy atom. The van der Waals surface area contributed by atoms with Gasteiger partial charge in [0.25, 0.3) is 0 Å². The van der Waals surface area contributed by atoms with E-state index in [1.165, 1.54) is 4.90 Å². The lowest BCUT2D eigenvalue weighted by Crippen LogP contribution is -2.04. The maximum atomic E-state index is 8.69. The lowest BCUT2D eigenvalue weighted by Gasteiger charge is -2.09. The molecule has 0 aliphatic rings. The first-order valence-corrected chi connectivity index (χ1v) is 6.71. The number of nitrogens with two attached hydrogens (primary N) is 1. The topological polar surface area (TPSA) is 46.2 Å². The molecule has 4 heteroatoms. The maximum Gasteiger partial charge on any atom is 0.0439 e. The Labute approximate surface area is 103 Å². The van der Waals surface area contributed by atoms with Crippen LogP contribution in [-0.2, 0) is 0 Å². The third-order valence-corrected chi connectivity index (χ3v) is 4.12. The zero-order valence-electron chi connectivity index (χ0n) is 8.74. The van der Waals surface area contributed by atoms with E-state index >= 15 is 0 Å². The van der Waals surface area contributed by atoms with Crippen molar-refractivity contribution in [1.82, 2.24) is 0 Å². The Hall–Kier alpha value is -0.0300. The van der Waals surface area contributed by atoms with Crippen LogP contribution in [0.2, 0.25) is 0 Å². The highest BCUT2D eigenvalue weighted by molar-refractivity contribution is 9.10. The van der Waals surface area contributed by atoms with Crippen LogP contribution in [0.5, 0.6) is 0 Å². The van der Waals surface area contributed by atoms with E-state index in [0.29, 0.717) is 0 Å². The highest BCUT2D eigenvalue weighted by Crippen LogP contribution is 2.29.